The lowest BCUT2D eigenvalue weighted by atomic mass is 9.90. The van der Waals surface area contributed by atoms with Gasteiger partial charge in [0, 0.05) is 20.1 Å². The van der Waals surface area contributed by atoms with Gasteiger partial charge in [-0.05, 0) is 42.2 Å². The normalized spacial score (nSPS) is 24.0. The van der Waals surface area contributed by atoms with E-state index in [0.29, 0.717) is 13.0 Å². The van der Waals surface area contributed by atoms with E-state index in [1.165, 1.54) is 0 Å². The molecule has 6 heteroatoms. The summed E-state index contributed by atoms with van der Waals surface area (Å²) < 4.78 is 2.95. The maximum absolute atomic E-state index is 11.3. The molecule has 1 saturated heterocycles. The first-order valence-electron chi connectivity index (χ1n) is 6.53. The molecule has 19 heavy (non-hydrogen) atoms. The molecule has 106 valence electrons. The van der Waals surface area contributed by atoms with Crippen molar-refractivity contribution in [3.63, 3.8) is 0 Å². The lowest BCUT2D eigenvalue weighted by molar-refractivity contribution is -0.147. The molecule has 0 saturated carbocycles. The first-order chi connectivity index (χ1) is 8.87. The Kier molecular flexibility index (Phi) is 4.01. The minimum atomic E-state index is -0.701. The van der Waals surface area contributed by atoms with Gasteiger partial charge in [0.25, 0.3) is 0 Å². The molecule has 0 aromatic carbocycles. The molecular formula is C13H20BrN3O2. The molecule has 1 aliphatic heterocycles. The summed E-state index contributed by atoms with van der Waals surface area (Å²) in [6.45, 7) is 6.07. The molecule has 0 amide bonds. The number of likely N-dealkylation sites (tertiary alicyclic amines) is 1. The molecule has 0 radical (unpaired) electrons. The van der Waals surface area contributed by atoms with Gasteiger partial charge in [0.1, 0.15) is 0 Å². The number of carboxylic acid groups (broad SMARTS) is 1. The standard InChI is InChI=1S/C13H20BrN3O2/c1-4-9-11(14)10(16(3)15-9)7-17-6-5-13(2,8-17)12(18)19/h4-8H2,1-3H3,(H,18,19). The molecular weight excluding hydrogens is 310 g/mol. The van der Waals surface area contributed by atoms with E-state index in [4.69, 9.17) is 0 Å². The van der Waals surface area contributed by atoms with Gasteiger partial charge in [-0.2, -0.15) is 5.10 Å². The number of nitrogens with zero attached hydrogens (tertiary/aromatic N) is 3. The average molecular weight is 330 g/mol. The van der Waals surface area contributed by atoms with Gasteiger partial charge >= 0.3 is 5.97 Å². The maximum atomic E-state index is 11.3. The Morgan fingerprint density at radius 3 is 2.74 bits per heavy atom. The quantitative estimate of drug-likeness (QED) is 0.918. The topological polar surface area (TPSA) is 58.4 Å². The number of aromatic nitrogens is 2. The summed E-state index contributed by atoms with van der Waals surface area (Å²) >= 11 is 3.60. The molecule has 1 fully saturated rings. The zero-order chi connectivity index (χ0) is 14.2. The molecule has 0 spiro atoms. The van der Waals surface area contributed by atoms with E-state index >= 15 is 0 Å². The molecule has 5 nitrogen and oxygen atoms in total. The molecule has 2 rings (SSSR count). The molecule has 0 aliphatic carbocycles. The molecule has 0 bridgehead atoms. The minimum absolute atomic E-state index is 0.599. The van der Waals surface area contributed by atoms with E-state index in [0.717, 1.165) is 35.4 Å². The Hall–Kier alpha value is -0.880. The monoisotopic (exact) mass is 329 g/mol. The van der Waals surface area contributed by atoms with Crippen LogP contribution >= 0.6 is 15.9 Å². The van der Waals surface area contributed by atoms with Crippen LogP contribution in [0.4, 0.5) is 0 Å². The smallest absolute Gasteiger partial charge is 0.310 e. The Morgan fingerprint density at radius 1 is 1.58 bits per heavy atom. The third-order valence-electron chi connectivity index (χ3n) is 3.95. The van der Waals surface area contributed by atoms with E-state index in [1.54, 1.807) is 0 Å². The fraction of sp³-hybridized carbons (Fsp3) is 0.692. The van der Waals surface area contributed by atoms with Crippen molar-refractivity contribution in [3.8, 4) is 0 Å². The second-order valence-corrected chi connectivity index (χ2v) is 6.30. The summed E-state index contributed by atoms with van der Waals surface area (Å²) in [4.78, 5) is 13.4. The number of aliphatic carboxylic acids is 1. The van der Waals surface area contributed by atoms with Gasteiger partial charge in [-0.25, -0.2) is 0 Å². The molecule has 2 heterocycles. The summed E-state index contributed by atoms with van der Waals surface area (Å²) in [6.07, 6.45) is 1.60. The number of rotatable bonds is 4. The number of carboxylic acids is 1. The highest BCUT2D eigenvalue weighted by Crippen LogP contribution is 2.32. The first-order valence-corrected chi connectivity index (χ1v) is 7.32. The molecule has 1 aromatic heterocycles. The average Bonchev–Trinajstić information content (AvgIpc) is 2.86. The van der Waals surface area contributed by atoms with Crippen LogP contribution in [0.25, 0.3) is 0 Å². The number of halogens is 1. The molecule has 1 atom stereocenters. The van der Waals surface area contributed by atoms with Crippen molar-refractivity contribution in [2.75, 3.05) is 13.1 Å². The fourth-order valence-electron chi connectivity index (χ4n) is 2.57. The van der Waals surface area contributed by atoms with Gasteiger partial charge in [-0.15, -0.1) is 0 Å². The van der Waals surface area contributed by atoms with Crippen molar-refractivity contribution in [1.29, 1.82) is 0 Å². The van der Waals surface area contributed by atoms with Crippen molar-refractivity contribution in [2.45, 2.75) is 33.2 Å². The van der Waals surface area contributed by atoms with Gasteiger partial charge in [-0.1, -0.05) is 6.92 Å². The number of hydrogen-bond donors (Lipinski definition) is 1. The highest BCUT2D eigenvalue weighted by molar-refractivity contribution is 9.10. The number of hydrogen-bond acceptors (Lipinski definition) is 3. The van der Waals surface area contributed by atoms with Crippen LogP contribution in [0, 0.1) is 5.41 Å². The summed E-state index contributed by atoms with van der Waals surface area (Å²) in [5, 5.41) is 13.7. The van der Waals surface area contributed by atoms with Gasteiger partial charge in [0.05, 0.1) is 21.3 Å². The lowest BCUT2D eigenvalue weighted by Gasteiger charge is -2.20. The van der Waals surface area contributed by atoms with Crippen LogP contribution in [-0.2, 0) is 24.8 Å². The summed E-state index contributed by atoms with van der Waals surface area (Å²) in [5.41, 5.74) is 1.56. The van der Waals surface area contributed by atoms with E-state index in [9.17, 15) is 9.90 Å². The van der Waals surface area contributed by atoms with E-state index < -0.39 is 11.4 Å². The van der Waals surface area contributed by atoms with Crippen LogP contribution in [0.1, 0.15) is 31.7 Å². The third-order valence-corrected chi connectivity index (χ3v) is 4.86. The second kappa shape index (κ2) is 5.25. The van der Waals surface area contributed by atoms with Crippen LogP contribution in [0.2, 0.25) is 0 Å². The Labute approximate surface area is 121 Å². The number of carbonyl (C=O) groups is 1. The van der Waals surface area contributed by atoms with Crippen LogP contribution in [0.5, 0.6) is 0 Å². The third kappa shape index (κ3) is 2.69. The van der Waals surface area contributed by atoms with Crippen LogP contribution in [0.15, 0.2) is 4.47 Å². The Morgan fingerprint density at radius 2 is 2.26 bits per heavy atom. The van der Waals surface area contributed by atoms with Gasteiger partial charge in [0.2, 0.25) is 0 Å². The van der Waals surface area contributed by atoms with Gasteiger partial charge in [-0.3, -0.25) is 14.4 Å². The largest absolute Gasteiger partial charge is 0.481 e. The Bertz CT molecular complexity index is 500. The highest BCUT2D eigenvalue weighted by atomic mass is 79.9. The van der Waals surface area contributed by atoms with E-state index in [1.807, 2.05) is 18.7 Å². The predicted molar refractivity (Wildman–Crippen MR) is 75.9 cm³/mol. The van der Waals surface area contributed by atoms with E-state index in [-0.39, 0.29) is 0 Å². The second-order valence-electron chi connectivity index (χ2n) is 5.51. The summed E-state index contributed by atoms with van der Waals surface area (Å²) in [7, 11) is 1.94. The van der Waals surface area contributed by atoms with E-state index in [2.05, 4.69) is 32.9 Å². The Balaban J connectivity index is 2.12. The van der Waals surface area contributed by atoms with Crippen LogP contribution in [-0.4, -0.2) is 38.8 Å². The van der Waals surface area contributed by atoms with Gasteiger partial charge < -0.3 is 5.11 Å². The van der Waals surface area contributed by atoms with Crippen molar-refractivity contribution in [1.82, 2.24) is 14.7 Å². The van der Waals surface area contributed by atoms with Crippen molar-refractivity contribution < 1.29 is 9.90 Å². The van der Waals surface area contributed by atoms with Crippen molar-refractivity contribution >= 4 is 21.9 Å². The lowest BCUT2D eigenvalue weighted by Crippen LogP contribution is -2.31. The maximum Gasteiger partial charge on any atom is 0.310 e. The van der Waals surface area contributed by atoms with Crippen LogP contribution < -0.4 is 0 Å². The van der Waals surface area contributed by atoms with Crippen molar-refractivity contribution in [3.05, 3.63) is 15.9 Å². The zero-order valence-electron chi connectivity index (χ0n) is 11.6. The van der Waals surface area contributed by atoms with Crippen LogP contribution in [0.3, 0.4) is 0 Å². The highest BCUT2D eigenvalue weighted by Gasteiger charge is 2.40. The summed E-state index contributed by atoms with van der Waals surface area (Å²) in [6, 6.07) is 0. The molecule has 1 N–H and O–H groups in total. The minimum Gasteiger partial charge on any atom is -0.481 e. The fourth-order valence-corrected chi connectivity index (χ4v) is 3.31. The molecule has 1 unspecified atom stereocenters. The molecule has 1 aromatic rings. The zero-order valence-corrected chi connectivity index (χ0v) is 13.2. The molecule has 1 aliphatic rings. The summed E-state index contributed by atoms with van der Waals surface area (Å²) in [5.74, 6) is -0.701. The first kappa shape index (κ1) is 14.5. The van der Waals surface area contributed by atoms with Crippen molar-refractivity contribution in [2.24, 2.45) is 12.5 Å². The SMILES string of the molecule is CCc1nn(C)c(CN2CCC(C)(C(=O)O)C2)c1Br. The number of aryl methyl sites for hydroxylation is 2. The van der Waals surface area contributed by atoms with Gasteiger partial charge in [0.15, 0.2) is 0 Å². The predicted octanol–water partition coefficient (Wildman–Crippen LogP) is 2.04.